The zero-order valence-corrected chi connectivity index (χ0v) is 75.3. The topological polar surface area (TPSA) is 127 Å². The van der Waals surface area contributed by atoms with E-state index in [0.29, 0.717) is 78.8 Å². The average Bonchev–Trinajstić information content (AvgIpc) is 1.48. The third-order valence-electron chi connectivity index (χ3n) is 47.5. The zero-order valence-electron chi connectivity index (χ0n) is 75.3. The molecule has 0 aromatic carbocycles. The third kappa shape index (κ3) is 9.17. The highest BCUT2D eigenvalue weighted by atomic mass is 16.6. The zero-order chi connectivity index (χ0) is 78.5. The molecule has 9 nitrogen and oxygen atoms in total. The molecule has 12 aliphatic carbocycles. The van der Waals surface area contributed by atoms with Gasteiger partial charge in [-0.1, -0.05) is 180 Å². The van der Waals surface area contributed by atoms with Crippen molar-refractivity contribution in [2.24, 2.45) is 156 Å². The summed E-state index contributed by atoms with van der Waals surface area (Å²) in [6, 6.07) is 0.400. The lowest BCUT2D eigenvalue weighted by Gasteiger charge is -2.73. The molecule has 0 aromatic heterocycles. The van der Waals surface area contributed by atoms with Crippen LogP contribution in [0.15, 0.2) is 0 Å². The molecule has 9 heteroatoms. The van der Waals surface area contributed by atoms with Crippen LogP contribution in [0.1, 0.15) is 393 Å². The number of carbonyl (C=O) groups excluding carboxylic acids is 1. The van der Waals surface area contributed by atoms with Gasteiger partial charge in [0.25, 0.3) is 0 Å². The Balaban J connectivity index is 0.000000127. The maximum atomic E-state index is 12.6. The largest absolute Gasteiger partial charge is 0.393 e. The molecular formula is C98H170N4O5. The van der Waals surface area contributed by atoms with E-state index in [-0.39, 0.29) is 94.2 Å². The van der Waals surface area contributed by atoms with Gasteiger partial charge in [-0.15, -0.1) is 0 Å². The number of nitrogens with one attached hydrogen (secondary N) is 3. The SMILES string of the molecule is CC.C[C@H]1CC[C@]2(NC1)O[C@@]1(C)C[C@@]3(C)[C@@H]4CC[C@@]5(C)CC(=O)CC[C@]5(C)[C@@]4(C)CC[C@]3(C)[C@@]1(C)[C@@H]2C.C[C@H]1CC[C@]2(NC1)O[C@@]1(C)C[C@@]3(C)[C@@H]4CC[C@@]5(C)CC(N)CC[C@]5(C)[C@@]4(C)CC[C@]3(C)[C@@]1(C)[C@@H]2C.C[C@H]1CC[C@]2(NC1)O[C@@]1(C)C[C@@]3(C)[C@@H]4CC[C@@]5(C)C[C@@H](O)CC[C@]5(C)[C@@]4(C)CC[C@]3(C)[C@@]1(C)[C@@H]2C. The van der Waals surface area contributed by atoms with Gasteiger partial charge in [0.1, 0.15) is 23.0 Å². The maximum Gasteiger partial charge on any atom is 0.133 e. The molecule has 612 valence electrons. The van der Waals surface area contributed by atoms with E-state index in [1.807, 2.05) is 13.8 Å². The van der Waals surface area contributed by atoms with Crippen molar-refractivity contribution in [3.63, 3.8) is 0 Å². The number of nitrogens with two attached hydrogens (primary N) is 1. The summed E-state index contributed by atoms with van der Waals surface area (Å²) < 4.78 is 22.3. The highest BCUT2D eigenvalue weighted by molar-refractivity contribution is 5.80. The van der Waals surface area contributed by atoms with E-state index < -0.39 is 0 Å². The number of hydrogen-bond acceptors (Lipinski definition) is 9. The molecule has 6 saturated heterocycles. The van der Waals surface area contributed by atoms with E-state index >= 15 is 0 Å². The molecule has 6 aliphatic heterocycles. The van der Waals surface area contributed by atoms with Crippen molar-refractivity contribution in [1.82, 2.24) is 16.0 Å². The Morgan fingerprint density at radius 3 is 0.981 bits per heavy atom. The predicted molar refractivity (Wildman–Crippen MR) is 441 cm³/mol. The molecule has 0 bridgehead atoms. The molecule has 0 radical (unpaired) electrons. The molecule has 0 amide bonds. The summed E-state index contributed by atoms with van der Waals surface area (Å²) in [6.07, 6.45) is 36.3. The molecule has 18 rings (SSSR count). The van der Waals surface area contributed by atoms with Gasteiger partial charge in [0, 0.05) is 72.5 Å². The average molecular weight is 1480 g/mol. The fourth-order valence-electron chi connectivity index (χ4n) is 38.6. The molecule has 107 heavy (non-hydrogen) atoms. The van der Waals surface area contributed by atoms with Crippen molar-refractivity contribution in [2.75, 3.05) is 19.6 Å². The molecule has 18 fully saturated rings. The highest BCUT2D eigenvalue weighted by Gasteiger charge is 2.88. The van der Waals surface area contributed by atoms with Gasteiger partial charge >= 0.3 is 0 Å². The quantitative estimate of drug-likeness (QED) is 0.161. The van der Waals surface area contributed by atoms with Crippen molar-refractivity contribution in [2.45, 2.75) is 440 Å². The van der Waals surface area contributed by atoms with Gasteiger partial charge in [0.15, 0.2) is 0 Å². The van der Waals surface area contributed by atoms with Crippen molar-refractivity contribution >= 4 is 5.78 Å². The molecular weight excluding hydrogens is 1310 g/mol. The molecule has 35 atom stereocenters. The van der Waals surface area contributed by atoms with Crippen LogP contribution in [-0.4, -0.2) is 76.6 Å². The van der Waals surface area contributed by atoms with E-state index in [1.165, 1.54) is 148 Å². The second-order valence-corrected chi connectivity index (χ2v) is 49.1. The minimum absolute atomic E-state index is 0.0642. The maximum absolute atomic E-state index is 12.6. The van der Waals surface area contributed by atoms with Gasteiger partial charge in [-0.05, 0) is 317 Å². The Bertz CT molecular complexity index is 3330. The first-order valence-corrected chi connectivity index (χ1v) is 46.5. The normalized spacial score (nSPS) is 64.1. The molecule has 6 N–H and O–H groups in total. The van der Waals surface area contributed by atoms with Gasteiger partial charge in [-0.25, -0.2) is 0 Å². The third-order valence-corrected chi connectivity index (χ3v) is 47.5. The van der Waals surface area contributed by atoms with Crippen LogP contribution in [-0.2, 0) is 19.0 Å². The minimum Gasteiger partial charge on any atom is -0.393 e. The summed E-state index contributed by atoms with van der Waals surface area (Å²) in [5, 5.41) is 22.6. The molecule has 6 heterocycles. The summed E-state index contributed by atoms with van der Waals surface area (Å²) >= 11 is 0. The number of ketones is 1. The van der Waals surface area contributed by atoms with E-state index in [2.05, 4.69) is 203 Å². The number of rotatable bonds is 0. The van der Waals surface area contributed by atoms with Gasteiger partial charge in [-0.2, -0.15) is 0 Å². The van der Waals surface area contributed by atoms with Crippen LogP contribution in [0.25, 0.3) is 0 Å². The minimum atomic E-state index is -0.151. The van der Waals surface area contributed by atoms with Crippen molar-refractivity contribution < 1.29 is 24.1 Å². The summed E-state index contributed by atoms with van der Waals surface area (Å²) in [6.45, 7) is 77.3. The van der Waals surface area contributed by atoms with E-state index in [1.54, 1.807) is 0 Å². The van der Waals surface area contributed by atoms with E-state index in [0.717, 1.165) is 94.2 Å². The van der Waals surface area contributed by atoms with Crippen LogP contribution in [0.2, 0.25) is 0 Å². The van der Waals surface area contributed by atoms with Crippen LogP contribution in [0.5, 0.6) is 0 Å². The number of piperidine rings is 3. The number of fused-ring (bicyclic) bond motifs is 21. The lowest BCUT2D eigenvalue weighted by atomic mass is 9.31. The molecule has 18 aliphatic rings. The summed E-state index contributed by atoms with van der Waals surface area (Å²) in [5.41, 5.74) is 10.8. The number of aliphatic hydroxyl groups is 1. The number of Topliss-reactive ketones (excluding diaryl/α,β-unsaturated/α-hetero) is 1. The van der Waals surface area contributed by atoms with Crippen LogP contribution in [0.4, 0.5) is 0 Å². The first-order valence-electron chi connectivity index (χ1n) is 46.5. The lowest BCUT2D eigenvalue weighted by molar-refractivity contribution is -0.255. The van der Waals surface area contributed by atoms with Crippen LogP contribution in [0.3, 0.4) is 0 Å². The van der Waals surface area contributed by atoms with Gasteiger partial charge in [0.2, 0.25) is 0 Å². The van der Waals surface area contributed by atoms with Crippen LogP contribution < -0.4 is 21.7 Å². The Morgan fingerprint density at radius 1 is 0.346 bits per heavy atom. The number of aliphatic hydroxyl groups excluding tert-OH is 1. The van der Waals surface area contributed by atoms with Gasteiger partial charge in [-0.3, -0.25) is 20.7 Å². The summed E-state index contributed by atoms with van der Waals surface area (Å²) in [4.78, 5) is 12.6. The van der Waals surface area contributed by atoms with Crippen LogP contribution >= 0.6 is 0 Å². The second-order valence-electron chi connectivity index (χ2n) is 49.1. The summed E-state index contributed by atoms with van der Waals surface area (Å²) in [5.74, 6) is 6.50. The fraction of sp³-hybridized carbons (Fsp3) is 0.990. The number of ether oxygens (including phenoxy) is 3. The number of carbonyl (C=O) groups is 1. The van der Waals surface area contributed by atoms with E-state index in [4.69, 9.17) is 19.9 Å². The monoisotopic (exact) mass is 1480 g/mol. The first kappa shape index (κ1) is 81.5. The van der Waals surface area contributed by atoms with Gasteiger partial charge < -0.3 is 25.1 Å². The Labute approximate surface area is 657 Å². The fourth-order valence-corrected chi connectivity index (χ4v) is 38.6. The molecule has 1 unspecified atom stereocenters. The Morgan fingerprint density at radius 2 is 0.654 bits per heavy atom. The second kappa shape index (κ2) is 24.1. The van der Waals surface area contributed by atoms with Crippen LogP contribution in [0, 0.1) is 151 Å². The van der Waals surface area contributed by atoms with E-state index in [9.17, 15) is 9.90 Å². The first-order chi connectivity index (χ1) is 49.2. The molecule has 0 aromatic rings. The molecule has 3 spiro atoms. The lowest BCUT2D eigenvalue weighted by Crippen LogP contribution is -2.68. The summed E-state index contributed by atoms with van der Waals surface area (Å²) in [7, 11) is 0. The number of hydrogen-bond donors (Lipinski definition) is 5. The molecule has 12 saturated carbocycles. The standard InChI is InChI=1S/C32H56N2O.C32H55NO2.C32H53NO2.C2H6/c1-21-10-15-32(34-19-21)22(2)31(9)29(7)17-16-26(4)24(27(29,5)20-30(31,8)35-32)12-13-25(3)18-23(33)11-14-28(25,26)6;2*1-21-10-15-32(33-19-21)22(2)31(9)29(7)17-16-26(4)24(27(29,5)20-30(31,8)35-32)12-13-25(3)18-23(34)11-14-28(25,26)6;1-2/h21-24,34H,10-20,33H2,1-9H3;21-24,33-34H,10-20H2,1-9H3;21-22,24,33H,10-20H2,1-9H3;1-2H3/t21-,22-,23?,24+,25-,26-,27-,28-,29-,30-,31+,32-;21-,22-,23-,24+,25-,26-,27-,28-,29-,30-,31+,32-;21-,22-,24+,25-,26-,27-,28-,29-,30-,31+,32-;/m000./s1. The van der Waals surface area contributed by atoms with Gasteiger partial charge in [0.05, 0.1) is 22.9 Å². The Kier molecular flexibility index (Phi) is 18.3. The highest BCUT2D eigenvalue weighted by Crippen LogP contribution is 2.90. The van der Waals surface area contributed by atoms with Crippen molar-refractivity contribution in [3.05, 3.63) is 0 Å². The predicted octanol–water partition coefficient (Wildman–Crippen LogP) is 23.2. The smallest absolute Gasteiger partial charge is 0.133 e. The van der Waals surface area contributed by atoms with Crippen molar-refractivity contribution in [1.29, 1.82) is 0 Å². The Hall–Kier alpha value is -0.650. The van der Waals surface area contributed by atoms with Crippen molar-refractivity contribution in [3.8, 4) is 0 Å².